The number of carbonyl (C=O) groups excluding carboxylic acids is 1. The molecule has 1 aliphatic heterocycles. The number of carbonyl (C=O) groups is 1. The van der Waals surface area contributed by atoms with Crippen molar-refractivity contribution >= 4 is 5.78 Å². The van der Waals surface area contributed by atoms with Crippen molar-refractivity contribution in [2.45, 2.75) is 19.4 Å². The summed E-state index contributed by atoms with van der Waals surface area (Å²) in [6.45, 7) is 3.13. The van der Waals surface area contributed by atoms with Crippen LogP contribution in [0.25, 0.3) is 0 Å². The zero-order chi connectivity index (χ0) is 15.5. The Bertz CT molecular complexity index is 676. The maximum absolute atomic E-state index is 13.2. The summed E-state index contributed by atoms with van der Waals surface area (Å²) in [7, 11) is 0. The third-order valence-electron chi connectivity index (χ3n) is 4.00. The molecule has 2 nitrogen and oxygen atoms in total. The lowest BCUT2D eigenvalue weighted by Crippen LogP contribution is -2.18. The van der Waals surface area contributed by atoms with E-state index in [2.05, 4.69) is 4.90 Å². The van der Waals surface area contributed by atoms with Gasteiger partial charge in [0, 0.05) is 17.7 Å². The molecule has 1 saturated heterocycles. The largest absolute Gasteiger partial charge is 0.299 e. The normalized spacial score (nSPS) is 15.2. The van der Waals surface area contributed by atoms with Crippen LogP contribution in [-0.4, -0.2) is 23.8 Å². The van der Waals surface area contributed by atoms with Gasteiger partial charge in [-0.3, -0.25) is 9.69 Å². The number of likely N-dealkylation sites (tertiary alicyclic amines) is 1. The lowest BCUT2D eigenvalue weighted by atomic mass is 10.0. The summed E-state index contributed by atoms with van der Waals surface area (Å²) >= 11 is 0. The molecule has 2 aromatic carbocycles. The third kappa shape index (κ3) is 3.22. The fourth-order valence-electron chi connectivity index (χ4n) is 2.76. The van der Waals surface area contributed by atoms with Gasteiger partial charge in [0.25, 0.3) is 0 Å². The molecule has 0 bridgehead atoms. The van der Waals surface area contributed by atoms with Crippen LogP contribution in [0.5, 0.6) is 0 Å². The third-order valence-corrected chi connectivity index (χ3v) is 4.00. The highest BCUT2D eigenvalue weighted by molar-refractivity contribution is 6.08. The topological polar surface area (TPSA) is 20.3 Å². The molecule has 0 atom stereocenters. The van der Waals surface area contributed by atoms with Gasteiger partial charge in [0.05, 0.1) is 0 Å². The molecule has 22 heavy (non-hydrogen) atoms. The molecule has 0 unspecified atom stereocenters. The quantitative estimate of drug-likeness (QED) is 0.801. The number of rotatable bonds is 4. The summed E-state index contributed by atoms with van der Waals surface area (Å²) in [4.78, 5) is 14.6. The molecule has 4 heteroatoms. The summed E-state index contributed by atoms with van der Waals surface area (Å²) < 4.78 is 26.1. The molecule has 0 spiro atoms. The van der Waals surface area contributed by atoms with Gasteiger partial charge in [-0.2, -0.15) is 0 Å². The van der Waals surface area contributed by atoms with Crippen molar-refractivity contribution in [3.8, 4) is 0 Å². The highest BCUT2D eigenvalue weighted by Crippen LogP contribution is 2.16. The number of hydrogen-bond acceptors (Lipinski definition) is 2. The number of ketones is 1. The summed E-state index contributed by atoms with van der Waals surface area (Å²) in [6.07, 6.45) is 2.49. The fourth-order valence-corrected chi connectivity index (χ4v) is 2.76. The van der Waals surface area contributed by atoms with E-state index >= 15 is 0 Å². The van der Waals surface area contributed by atoms with E-state index in [1.807, 2.05) is 12.1 Å². The average Bonchev–Trinajstić information content (AvgIpc) is 3.03. The Morgan fingerprint density at radius 2 is 1.55 bits per heavy atom. The van der Waals surface area contributed by atoms with Crippen LogP contribution in [0.4, 0.5) is 8.78 Å². The van der Waals surface area contributed by atoms with Crippen LogP contribution in [0.2, 0.25) is 0 Å². The number of halogens is 2. The van der Waals surface area contributed by atoms with E-state index in [-0.39, 0.29) is 11.3 Å². The van der Waals surface area contributed by atoms with Crippen molar-refractivity contribution in [3.63, 3.8) is 0 Å². The minimum absolute atomic E-state index is 0.159. The summed E-state index contributed by atoms with van der Waals surface area (Å²) in [5.41, 5.74) is 1.80. The second kappa shape index (κ2) is 6.36. The Labute approximate surface area is 128 Å². The molecule has 2 aromatic rings. The van der Waals surface area contributed by atoms with Crippen molar-refractivity contribution in [1.82, 2.24) is 4.90 Å². The van der Waals surface area contributed by atoms with Gasteiger partial charge in [0.1, 0.15) is 0 Å². The highest BCUT2D eigenvalue weighted by atomic mass is 19.2. The molecule has 3 rings (SSSR count). The molecule has 0 radical (unpaired) electrons. The van der Waals surface area contributed by atoms with E-state index in [4.69, 9.17) is 0 Å². The van der Waals surface area contributed by atoms with Gasteiger partial charge in [0.15, 0.2) is 17.4 Å². The monoisotopic (exact) mass is 301 g/mol. The molecular formula is C18H17F2NO. The Kier molecular flexibility index (Phi) is 4.29. The smallest absolute Gasteiger partial charge is 0.193 e. The second-order valence-electron chi connectivity index (χ2n) is 5.64. The molecule has 1 aliphatic rings. The van der Waals surface area contributed by atoms with Gasteiger partial charge in [-0.05, 0) is 49.7 Å². The first kappa shape index (κ1) is 14.9. The number of hydrogen-bond donors (Lipinski definition) is 0. The van der Waals surface area contributed by atoms with Gasteiger partial charge >= 0.3 is 0 Å². The summed E-state index contributed by atoms with van der Waals surface area (Å²) in [6, 6.07) is 10.6. The second-order valence-corrected chi connectivity index (χ2v) is 5.64. The lowest BCUT2D eigenvalue weighted by Gasteiger charge is -2.14. The van der Waals surface area contributed by atoms with Gasteiger partial charge < -0.3 is 0 Å². The zero-order valence-electron chi connectivity index (χ0n) is 12.2. The Balaban J connectivity index is 1.73. The SMILES string of the molecule is O=C(c1ccc(CN2CCCC2)cc1)c1ccc(F)c(F)c1. The van der Waals surface area contributed by atoms with Crippen molar-refractivity contribution < 1.29 is 13.6 Å². The fraction of sp³-hybridized carbons (Fsp3) is 0.278. The van der Waals surface area contributed by atoms with Crippen molar-refractivity contribution in [1.29, 1.82) is 0 Å². The first-order valence-corrected chi connectivity index (χ1v) is 7.44. The van der Waals surface area contributed by atoms with Gasteiger partial charge in [-0.15, -0.1) is 0 Å². The Hall–Kier alpha value is -2.07. The van der Waals surface area contributed by atoms with E-state index in [0.717, 1.165) is 37.3 Å². The Morgan fingerprint density at radius 3 is 2.18 bits per heavy atom. The van der Waals surface area contributed by atoms with Crippen LogP contribution in [0.1, 0.15) is 34.3 Å². The van der Waals surface area contributed by atoms with E-state index in [0.29, 0.717) is 5.56 Å². The van der Waals surface area contributed by atoms with Crippen LogP contribution in [0.3, 0.4) is 0 Å². The van der Waals surface area contributed by atoms with Gasteiger partial charge in [-0.25, -0.2) is 8.78 Å². The maximum atomic E-state index is 13.2. The molecule has 0 N–H and O–H groups in total. The minimum Gasteiger partial charge on any atom is -0.299 e. The predicted molar refractivity (Wildman–Crippen MR) is 80.7 cm³/mol. The first-order chi connectivity index (χ1) is 10.6. The first-order valence-electron chi connectivity index (χ1n) is 7.44. The van der Waals surface area contributed by atoms with E-state index in [1.54, 1.807) is 12.1 Å². The molecule has 0 amide bonds. The standard InChI is InChI=1S/C18H17F2NO/c19-16-8-7-15(11-17(16)20)18(22)14-5-3-13(4-6-14)12-21-9-1-2-10-21/h3-8,11H,1-2,9-10,12H2. The van der Waals surface area contributed by atoms with Crippen molar-refractivity contribution in [2.24, 2.45) is 0 Å². The highest BCUT2D eigenvalue weighted by Gasteiger charge is 2.14. The number of benzene rings is 2. The molecule has 114 valence electrons. The molecular weight excluding hydrogens is 284 g/mol. The molecule has 1 heterocycles. The van der Waals surface area contributed by atoms with Gasteiger partial charge in [0.2, 0.25) is 0 Å². The molecule has 0 aliphatic carbocycles. The van der Waals surface area contributed by atoms with E-state index in [1.165, 1.54) is 18.9 Å². The van der Waals surface area contributed by atoms with Crippen molar-refractivity contribution in [2.75, 3.05) is 13.1 Å². The minimum atomic E-state index is -1.00. The Morgan fingerprint density at radius 1 is 0.909 bits per heavy atom. The van der Waals surface area contributed by atoms with Crippen LogP contribution in [0.15, 0.2) is 42.5 Å². The van der Waals surface area contributed by atoms with Crippen LogP contribution < -0.4 is 0 Å². The van der Waals surface area contributed by atoms with Gasteiger partial charge in [-0.1, -0.05) is 24.3 Å². The summed E-state index contributed by atoms with van der Waals surface area (Å²) in [5.74, 6) is -2.25. The number of nitrogens with zero attached hydrogens (tertiary/aromatic N) is 1. The van der Waals surface area contributed by atoms with Crippen LogP contribution in [-0.2, 0) is 6.54 Å². The predicted octanol–water partition coefficient (Wildman–Crippen LogP) is 3.79. The molecule has 0 aromatic heterocycles. The van der Waals surface area contributed by atoms with E-state index in [9.17, 15) is 13.6 Å². The zero-order valence-corrected chi connectivity index (χ0v) is 12.2. The molecule has 1 fully saturated rings. The van der Waals surface area contributed by atoms with E-state index < -0.39 is 11.6 Å². The molecule has 0 saturated carbocycles. The lowest BCUT2D eigenvalue weighted by molar-refractivity contribution is 0.103. The van der Waals surface area contributed by atoms with Crippen LogP contribution in [0, 0.1) is 11.6 Å². The maximum Gasteiger partial charge on any atom is 0.193 e. The van der Waals surface area contributed by atoms with Crippen molar-refractivity contribution in [3.05, 3.63) is 70.8 Å². The van der Waals surface area contributed by atoms with Crippen LogP contribution >= 0.6 is 0 Å². The summed E-state index contributed by atoms with van der Waals surface area (Å²) in [5, 5.41) is 0. The average molecular weight is 301 g/mol.